The van der Waals surface area contributed by atoms with E-state index in [0.717, 1.165) is 17.4 Å². The Labute approximate surface area is 129 Å². The van der Waals surface area contributed by atoms with Crippen LogP contribution in [-0.2, 0) is 0 Å². The summed E-state index contributed by atoms with van der Waals surface area (Å²) in [6, 6.07) is 8.90. The predicted molar refractivity (Wildman–Crippen MR) is 90.1 cm³/mol. The van der Waals surface area contributed by atoms with Gasteiger partial charge in [0.1, 0.15) is 0 Å². The molecule has 3 rings (SSSR count). The molecule has 1 N–H and O–H groups in total. The summed E-state index contributed by atoms with van der Waals surface area (Å²) in [5.74, 6) is 1.92. The van der Waals surface area contributed by atoms with Crippen molar-refractivity contribution in [2.45, 2.75) is 59.9 Å². The van der Waals surface area contributed by atoms with Crippen molar-refractivity contribution < 1.29 is 0 Å². The average molecular weight is 284 g/mol. The average Bonchev–Trinajstić information content (AvgIpc) is 2.74. The number of rotatable bonds is 2. The third kappa shape index (κ3) is 2.20. The van der Waals surface area contributed by atoms with Crippen molar-refractivity contribution in [2.24, 2.45) is 21.7 Å². The minimum Gasteiger partial charge on any atom is -0.370 e. The van der Waals surface area contributed by atoms with Gasteiger partial charge in [-0.15, -0.1) is 0 Å². The van der Waals surface area contributed by atoms with Gasteiger partial charge in [-0.25, -0.2) is 4.99 Å². The fourth-order valence-electron chi connectivity index (χ4n) is 4.58. The van der Waals surface area contributed by atoms with Gasteiger partial charge >= 0.3 is 0 Å². The third-order valence-corrected chi connectivity index (χ3v) is 6.58. The summed E-state index contributed by atoms with van der Waals surface area (Å²) in [7, 11) is 0. The molecule has 0 saturated heterocycles. The molecule has 2 saturated carbocycles. The first-order valence-electron chi connectivity index (χ1n) is 8.22. The van der Waals surface area contributed by atoms with Crippen molar-refractivity contribution in [1.82, 2.24) is 5.32 Å². The van der Waals surface area contributed by atoms with Crippen LogP contribution in [0, 0.1) is 23.7 Å². The van der Waals surface area contributed by atoms with Crippen molar-refractivity contribution in [2.75, 3.05) is 0 Å². The molecule has 2 nitrogen and oxygen atoms in total. The van der Waals surface area contributed by atoms with Crippen LogP contribution in [0.4, 0.5) is 5.69 Å². The fourth-order valence-corrected chi connectivity index (χ4v) is 4.58. The van der Waals surface area contributed by atoms with Gasteiger partial charge in [0.15, 0.2) is 0 Å². The molecule has 3 atom stereocenters. The lowest BCUT2D eigenvalue weighted by Gasteiger charge is -2.39. The van der Waals surface area contributed by atoms with Gasteiger partial charge in [0, 0.05) is 6.04 Å². The molecule has 0 aliphatic heterocycles. The zero-order chi connectivity index (χ0) is 15.3. The second-order valence-corrected chi connectivity index (χ2v) is 7.79. The SMILES string of the molecule is CC(=Nc1ccccc1C)NC1CC2CCC1(C)C2(C)C. The largest absolute Gasteiger partial charge is 0.370 e. The lowest BCUT2D eigenvalue weighted by molar-refractivity contribution is 0.129. The highest BCUT2D eigenvalue weighted by Gasteiger charge is 2.61. The second-order valence-electron chi connectivity index (χ2n) is 7.79. The number of hydrogen-bond acceptors (Lipinski definition) is 1. The molecule has 0 amide bonds. The molecule has 2 bridgehead atoms. The van der Waals surface area contributed by atoms with E-state index in [0.29, 0.717) is 16.9 Å². The standard InChI is InChI=1S/C19H28N2/c1-13-8-6-7-9-16(13)20-14(2)21-17-12-15-10-11-19(17,5)18(15,3)4/h6-9,15,17H,10-12H2,1-5H3,(H,20,21). The molecular formula is C19H28N2. The Morgan fingerprint density at radius 1 is 1.24 bits per heavy atom. The molecule has 3 unspecified atom stereocenters. The summed E-state index contributed by atoms with van der Waals surface area (Å²) >= 11 is 0. The van der Waals surface area contributed by atoms with Crippen LogP contribution in [-0.4, -0.2) is 11.9 Å². The maximum Gasteiger partial charge on any atom is 0.0993 e. The van der Waals surface area contributed by atoms with Gasteiger partial charge in [-0.05, 0) is 61.5 Å². The summed E-state index contributed by atoms with van der Waals surface area (Å²) in [4.78, 5) is 4.79. The van der Waals surface area contributed by atoms with E-state index >= 15 is 0 Å². The van der Waals surface area contributed by atoms with Gasteiger partial charge in [-0.2, -0.15) is 0 Å². The van der Waals surface area contributed by atoms with E-state index in [1.165, 1.54) is 24.8 Å². The molecule has 21 heavy (non-hydrogen) atoms. The maximum absolute atomic E-state index is 4.79. The van der Waals surface area contributed by atoms with E-state index in [-0.39, 0.29) is 0 Å². The minimum absolute atomic E-state index is 0.403. The van der Waals surface area contributed by atoms with E-state index in [4.69, 9.17) is 4.99 Å². The van der Waals surface area contributed by atoms with E-state index < -0.39 is 0 Å². The lowest BCUT2D eigenvalue weighted by Crippen LogP contribution is -2.46. The Kier molecular flexibility index (Phi) is 3.38. The van der Waals surface area contributed by atoms with Gasteiger partial charge in [-0.3, -0.25) is 0 Å². The first-order valence-corrected chi connectivity index (χ1v) is 8.22. The van der Waals surface area contributed by atoms with Gasteiger partial charge in [0.25, 0.3) is 0 Å². The van der Waals surface area contributed by atoms with Crippen LogP contribution in [0.2, 0.25) is 0 Å². The molecule has 1 aromatic rings. The number of para-hydroxylation sites is 1. The van der Waals surface area contributed by atoms with Crippen molar-refractivity contribution in [3.63, 3.8) is 0 Å². The summed E-state index contributed by atoms with van der Waals surface area (Å²) in [5, 5.41) is 3.73. The number of hydrogen-bond donors (Lipinski definition) is 1. The van der Waals surface area contributed by atoms with Crippen molar-refractivity contribution >= 4 is 11.5 Å². The van der Waals surface area contributed by atoms with Gasteiger partial charge in [-0.1, -0.05) is 39.0 Å². The van der Waals surface area contributed by atoms with Gasteiger partial charge in [0.2, 0.25) is 0 Å². The molecule has 0 radical (unpaired) electrons. The Morgan fingerprint density at radius 2 is 1.95 bits per heavy atom. The Bertz CT molecular complexity index is 573. The predicted octanol–water partition coefficient (Wildman–Crippen LogP) is 4.85. The first kappa shape index (κ1) is 14.6. The molecule has 2 fully saturated rings. The molecule has 2 heteroatoms. The number of aryl methyl sites for hydroxylation is 1. The number of fused-ring (bicyclic) bond motifs is 2. The van der Waals surface area contributed by atoms with Crippen LogP contribution in [0.1, 0.15) is 52.5 Å². The maximum atomic E-state index is 4.79. The molecule has 114 valence electrons. The van der Waals surface area contributed by atoms with Crippen LogP contribution < -0.4 is 5.32 Å². The number of nitrogens with zero attached hydrogens (tertiary/aromatic N) is 1. The van der Waals surface area contributed by atoms with Crippen molar-refractivity contribution in [3.05, 3.63) is 29.8 Å². The number of nitrogens with one attached hydrogen (secondary N) is 1. The van der Waals surface area contributed by atoms with Gasteiger partial charge in [0.05, 0.1) is 11.5 Å². The molecule has 1 aromatic carbocycles. The van der Waals surface area contributed by atoms with Gasteiger partial charge < -0.3 is 5.32 Å². The quantitative estimate of drug-likeness (QED) is 0.609. The van der Waals surface area contributed by atoms with E-state index in [2.05, 4.69) is 64.2 Å². The molecule has 0 heterocycles. The first-order chi connectivity index (χ1) is 9.84. The van der Waals surface area contributed by atoms with Crippen LogP contribution in [0.15, 0.2) is 29.3 Å². The minimum atomic E-state index is 0.403. The molecular weight excluding hydrogens is 256 g/mol. The number of amidine groups is 1. The molecule has 0 aromatic heterocycles. The Balaban J connectivity index is 1.78. The highest BCUT2D eigenvalue weighted by Crippen LogP contribution is 2.65. The zero-order valence-electron chi connectivity index (χ0n) is 14.0. The number of aliphatic imine (C=N–C) groups is 1. The highest BCUT2D eigenvalue weighted by molar-refractivity contribution is 5.83. The van der Waals surface area contributed by atoms with E-state index in [1.54, 1.807) is 0 Å². The van der Waals surface area contributed by atoms with E-state index in [9.17, 15) is 0 Å². The number of benzene rings is 1. The van der Waals surface area contributed by atoms with Crippen LogP contribution >= 0.6 is 0 Å². The molecule has 2 aliphatic carbocycles. The van der Waals surface area contributed by atoms with Crippen LogP contribution in [0.25, 0.3) is 0 Å². The van der Waals surface area contributed by atoms with Crippen LogP contribution in [0.3, 0.4) is 0 Å². The summed E-state index contributed by atoms with van der Waals surface area (Å²) in [5.41, 5.74) is 3.17. The zero-order valence-corrected chi connectivity index (χ0v) is 14.0. The highest BCUT2D eigenvalue weighted by atomic mass is 15.0. The van der Waals surface area contributed by atoms with Crippen molar-refractivity contribution in [3.8, 4) is 0 Å². The second kappa shape index (κ2) is 4.86. The topological polar surface area (TPSA) is 24.4 Å². The van der Waals surface area contributed by atoms with E-state index in [1.807, 2.05) is 0 Å². The molecule has 0 spiro atoms. The summed E-state index contributed by atoms with van der Waals surface area (Å²) in [6.45, 7) is 11.6. The smallest absolute Gasteiger partial charge is 0.0993 e. The lowest BCUT2D eigenvalue weighted by atomic mass is 9.69. The summed E-state index contributed by atoms with van der Waals surface area (Å²) < 4.78 is 0. The Hall–Kier alpha value is -1.31. The fraction of sp³-hybridized carbons (Fsp3) is 0.632. The normalized spacial score (nSPS) is 34.2. The van der Waals surface area contributed by atoms with Crippen molar-refractivity contribution in [1.29, 1.82) is 0 Å². The monoisotopic (exact) mass is 284 g/mol. The van der Waals surface area contributed by atoms with Crippen LogP contribution in [0.5, 0.6) is 0 Å². The molecule has 2 aliphatic rings. The summed E-state index contributed by atoms with van der Waals surface area (Å²) in [6.07, 6.45) is 4.04. The Morgan fingerprint density at radius 3 is 2.52 bits per heavy atom. The third-order valence-electron chi connectivity index (χ3n) is 6.58.